The standard InChI is InChI=1S/C29H38FN4O12P/c1-18(2)45-26(39)19(3)34(20-7-5-6-8-21(20)35)47(41)44-16-22-25(38)29(4,30)27(46-22)32-10-9-23(36)33(28(32)40)17-43-24(37)15-31-11-13-42-14-12-31/h5-10,18-19,22,25,27,38H,11-17H2,1-4H3/p+1/t19-,22+,25+,27+,29+/m0/s1. The van der Waals surface area contributed by atoms with Crippen LogP contribution < -0.4 is 15.9 Å². The summed E-state index contributed by atoms with van der Waals surface area (Å²) in [6, 6.07) is 5.53. The lowest BCUT2D eigenvalue weighted by molar-refractivity contribution is -0.150. The number of phenolic OH excluding ortho intramolecular Hbond substituents is 1. The van der Waals surface area contributed by atoms with E-state index in [4.69, 9.17) is 23.5 Å². The SMILES string of the molecule is CC(C)OC(=O)[C@H](C)N(c1ccccc1O)[P+](=O)OC[C@H]1O[C@@H](n2ccc(=O)n(COC(=O)CN3CCOCC3)c2=O)[C@](C)(F)[C@@H]1O. The Labute approximate surface area is 270 Å². The highest BCUT2D eigenvalue weighted by molar-refractivity contribution is 7.41. The maximum Gasteiger partial charge on any atom is 0.646 e. The molecule has 0 spiro atoms. The van der Waals surface area contributed by atoms with Gasteiger partial charge in [0, 0.05) is 25.4 Å². The van der Waals surface area contributed by atoms with Crippen LogP contribution in [0.25, 0.3) is 0 Å². The lowest BCUT2D eigenvalue weighted by atomic mass is 9.98. The minimum absolute atomic E-state index is 0.0117. The molecule has 6 atom stereocenters. The third-order valence-electron chi connectivity index (χ3n) is 7.59. The second-order valence-corrected chi connectivity index (χ2v) is 12.6. The van der Waals surface area contributed by atoms with Crippen molar-refractivity contribution in [1.29, 1.82) is 0 Å². The molecule has 16 nitrogen and oxygen atoms in total. The number of hydrogen-bond acceptors (Lipinski definition) is 13. The fourth-order valence-electron chi connectivity index (χ4n) is 5.03. The first kappa shape index (κ1) is 36.1. The molecule has 0 radical (unpaired) electrons. The van der Waals surface area contributed by atoms with E-state index >= 15 is 4.39 Å². The number of anilines is 1. The van der Waals surface area contributed by atoms with Gasteiger partial charge < -0.3 is 29.2 Å². The van der Waals surface area contributed by atoms with Crippen LogP contribution in [0.1, 0.15) is 33.9 Å². The molecule has 1 aromatic heterocycles. The van der Waals surface area contributed by atoms with E-state index in [9.17, 15) is 34.0 Å². The van der Waals surface area contributed by atoms with E-state index in [0.29, 0.717) is 30.9 Å². The number of esters is 2. The van der Waals surface area contributed by atoms with Crippen molar-refractivity contribution < 1.29 is 52.2 Å². The van der Waals surface area contributed by atoms with Crippen molar-refractivity contribution in [3.8, 4) is 5.75 Å². The lowest BCUT2D eigenvalue weighted by Crippen LogP contribution is -2.47. The Morgan fingerprint density at radius 2 is 1.85 bits per heavy atom. The number of benzene rings is 1. The summed E-state index contributed by atoms with van der Waals surface area (Å²) < 4.78 is 58.5. The van der Waals surface area contributed by atoms with E-state index < -0.39 is 81.0 Å². The monoisotopic (exact) mass is 685 g/mol. The number of hydrogen-bond donors (Lipinski definition) is 2. The normalized spacial score (nSPS) is 24.1. The highest BCUT2D eigenvalue weighted by Gasteiger charge is 2.56. The van der Waals surface area contributed by atoms with Crippen molar-refractivity contribution >= 4 is 25.8 Å². The molecule has 3 heterocycles. The van der Waals surface area contributed by atoms with E-state index in [1.165, 1.54) is 31.2 Å². The van der Waals surface area contributed by atoms with Gasteiger partial charge in [0.25, 0.3) is 5.56 Å². The second-order valence-electron chi connectivity index (χ2n) is 11.5. The van der Waals surface area contributed by atoms with Gasteiger partial charge in [0.1, 0.15) is 30.3 Å². The fraction of sp³-hybridized carbons (Fsp3) is 0.586. The Morgan fingerprint density at radius 1 is 1.17 bits per heavy atom. The van der Waals surface area contributed by atoms with Crippen LogP contribution in [0.15, 0.2) is 46.1 Å². The number of alkyl halides is 1. The van der Waals surface area contributed by atoms with Crippen molar-refractivity contribution in [3.63, 3.8) is 0 Å². The Kier molecular flexibility index (Phi) is 11.9. The second kappa shape index (κ2) is 15.4. The molecule has 1 aromatic carbocycles. The van der Waals surface area contributed by atoms with Crippen LogP contribution in [-0.2, 0) is 44.4 Å². The van der Waals surface area contributed by atoms with Gasteiger partial charge in [-0.2, -0.15) is 0 Å². The van der Waals surface area contributed by atoms with Gasteiger partial charge in [-0.3, -0.25) is 19.1 Å². The topological polar surface area (TPSA) is 188 Å². The number of phenols is 1. The number of aromatic hydroxyl groups is 1. The largest absolute Gasteiger partial charge is 0.646 e. The molecular formula is C29H39FN4O12P+. The summed E-state index contributed by atoms with van der Waals surface area (Å²) in [4.78, 5) is 52.6. The molecule has 1 unspecified atom stereocenters. The van der Waals surface area contributed by atoms with Gasteiger partial charge >= 0.3 is 25.8 Å². The number of aliphatic hydroxyl groups excluding tert-OH is 1. The molecule has 258 valence electrons. The number of carbonyl (C=O) groups is 2. The summed E-state index contributed by atoms with van der Waals surface area (Å²) in [6.45, 7) is 6.07. The van der Waals surface area contributed by atoms with Gasteiger partial charge in [0.2, 0.25) is 0 Å². The minimum atomic E-state index is -2.97. The molecule has 0 amide bonds. The molecule has 2 aliphatic heterocycles. The number of aliphatic hydroxyl groups is 1. The zero-order valence-electron chi connectivity index (χ0n) is 26.4. The quantitative estimate of drug-likeness (QED) is 0.225. The number of morpholine rings is 1. The van der Waals surface area contributed by atoms with Crippen LogP contribution >= 0.6 is 8.18 Å². The predicted octanol–water partition coefficient (Wildman–Crippen LogP) is 1.06. The molecule has 2 N–H and O–H groups in total. The number of nitrogens with zero attached hydrogens (tertiary/aromatic N) is 4. The van der Waals surface area contributed by atoms with E-state index in [0.717, 1.165) is 28.4 Å². The van der Waals surface area contributed by atoms with Crippen LogP contribution in [0.5, 0.6) is 5.75 Å². The number of aromatic nitrogens is 2. The van der Waals surface area contributed by atoms with Gasteiger partial charge in [-0.05, 0) is 44.4 Å². The van der Waals surface area contributed by atoms with Crippen molar-refractivity contribution in [2.45, 2.75) is 70.7 Å². The number of carbonyl (C=O) groups excluding carboxylic acids is 2. The molecule has 0 saturated carbocycles. The van der Waals surface area contributed by atoms with Crippen molar-refractivity contribution in [2.24, 2.45) is 0 Å². The maximum absolute atomic E-state index is 16.0. The van der Waals surface area contributed by atoms with Crippen molar-refractivity contribution in [1.82, 2.24) is 14.0 Å². The minimum Gasteiger partial charge on any atom is -0.506 e. The molecular weight excluding hydrogens is 646 g/mol. The fourth-order valence-corrected chi connectivity index (χ4v) is 6.15. The van der Waals surface area contributed by atoms with Crippen LogP contribution in [0, 0.1) is 0 Å². The smallest absolute Gasteiger partial charge is 0.506 e. The molecule has 2 fully saturated rings. The summed E-state index contributed by atoms with van der Waals surface area (Å²) in [7, 11) is -2.97. The molecule has 4 rings (SSSR count). The Bertz CT molecular complexity index is 1560. The van der Waals surface area contributed by atoms with Crippen molar-refractivity contribution in [2.75, 3.05) is 44.1 Å². The van der Waals surface area contributed by atoms with Gasteiger partial charge in [0.05, 0.1) is 25.9 Å². The molecule has 47 heavy (non-hydrogen) atoms. The molecule has 0 aliphatic carbocycles. The van der Waals surface area contributed by atoms with Crippen LogP contribution in [0.3, 0.4) is 0 Å². The van der Waals surface area contributed by atoms with Gasteiger partial charge in [-0.15, -0.1) is 9.19 Å². The summed E-state index contributed by atoms with van der Waals surface area (Å²) in [5, 5.41) is 21.3. The van der Waals surface area contributed by atoms with Gasteiger partial charge in [-0.25, -0.2) is 18.5 Å². The Morgan fingerprint density at radius 3 is 2.51 bits per heavy atom. The first-order valence-electron chi connectivity index (χ1n) is 14.9. The Balaban J connectivity index is 1.48. The summed E-state index contributed by atoms with van der Waals surface area (Å²) >= 11 is 0. The number of para-hydroxylation sites is 2. The predicted molar refractivity (Wildman–Crippen MR) is 163 cm³/mol. The van der Waals surface area contributed by atoms with Crippen LogP contribution in [0.4, 0.5) is 10.1 Å². The first-order valence-corrected chi connectivity index (χ1v) is 16.0. The van der Waals surface area contributed by atoms with E-state index in [1.54, 1.807) is 18.7 Å². The van der Waals surface area contributed by atoms with Gasteiger partial charge in [-0.1, -0.05) is 12.1 Å². The average Bonchev–Trinajstić information content (AvgIpc) is 3.24. The first-order chi connectivity index (χ1) is 22.2. The summed E-state index contributed by atoms with van der Waals surface area (Å²) in [6.07, 6.45) is -4.66. The lowest BCUT2D eigenvalue weighted by Gasteiger charge is -2.26. The van der Waals surface area contributed by atoms with Crippen molar-refractivity contribution in [3.05, 3.63) is 57.4 Å². The van der Waals surface area contributed by atoms with Crippen LogP contribution in [0.2, 0.25) is 0 Å². The highest BCUT2D eigenvalue weighted by atomic mass is 31.1. The average molecular weight is 686 g/mol. The number of ether oxygens (including phenoxy) is 4. The number of halogens is 1. The molecule has 2 saturated heterocycles. The molecule has 2 aliphatic rings. The highest BCUT2D eigenvalue weighted by Crippen LogP contribution is 2.44. The van der Waals surface area contributed by atoms with Gasteiger partial charge in [0.15, 0.2) is 24.7 Å². The maximum atomic E-state index is 16.0. The van der Waals surface area contributed by atoms with E-state index in [-0.39, 0.29) is 18.0 Å². The molecule has 18 heteroatoms. The molecule has 0 bridgehead atoms. The van der Waals surface area contributed by atoms with E-state index in [1.807, 2.05) is 0 Å². The van der Waals surface area contributed by atoms with E-state index in [2.05, 4.69) is 0 Å². The summed E-state index contributed by atoms with van der Waals surface area (Å²) in [5.74, 6) is -1.75. The summed E-state index contributed by atoms with van der Waals surface area (Å²) in [5.41, 5.74) is -4.53. The molecule has 2 aromatic rings. The van der Waals surface area contributed by atoms with Crippen LogP contribution in [-0.4, -0.2) is 106 Å². The third-order valence-corrected chi connectivity index (χ3v) is 8.87. The zero-order chi connectivity index (χ0) is 34.5. The zero-order valence-corrected chi connectivity index (χ0v) is 27.3. The number of rotatable bonds is 13. The Hall–Kier alpha value is -3.73. The third kappa shape index (κ3) is 8.41.